The van der Waals surface area contributed by atoms with E-state index in [1.807, 2.05) is 24.3 Å². The standard InChI is InChI=1S/C16H19N3O4S/c1-9(2)11-7-5-6-8-12(11)23-10(3)14(20)18-16-17-13(19-24-16)15(21)22-4/h5-10H,1-4H3,(H,17,18,19,20). The number of ether oxygens (including phenoxy) is 2. The summed E-state index contributed by atoms with van der Waals surface area (Å²) in [7, 11) is 1.24. The second kappa shape index (κ2) is 7.87. The lowest BCUT2D eigenvalue weighted by Gasteiger charge is -2.18. The number of hydrogen-bond acceptors (Lipinski definition) is 7. The van der Waals surface area contributed by atoms with E-state index in [0.717, 1.165) is 17.1 Å². The van der Waals surface area contributed by atoms with Crippen LogP contribution in [0.25, 0.3) is 0 Å². The molecule has 24 heavy (non-hydrogen) atoms. The average molecular weight is 349 g/mol. The first-order valence-corrected chi connectivity index (χ1v) is 8.18. The Bertz CT molecular complexity index is 730. The fourth-order valence-electron chi connectivity index (χ4n) is 1.96. The third-order valence-corrected chi connectivity index (χ3v) is 3.87. The molecule has 1 amide bonds. The van der Waals surface area contributed by atoms with Crippen LogP contribution in [0.15, 0.2) is 24.3 Å². The number of aromatic nitrogens is 2. The number of carbonyl (C=O) groups is 2. The molecule has 2 rings (SSSR count). The van der Waals surface area contributed by atoms with E-state index in [1.165, 1.54) is 7.11 Å². The molecule has 2 aromatic rings. The van der Waals surface area contributed by atoms with Crippen molar-refractivity contribution in [3.8, 4) is 5.75 Å². The monoisotopic (exact) mass is 349 g/mol. The van der Waals surface area contributed by atoms with Crippen molar-refractivity contribution in [2.45, 2.75) is 32.8 Å². The number of amides is 1. The summed E-state index contributed by atoms with van der Waals surface area (Å²) in [5, 5.41) is 2.80. The summed E-state index contributed by atoms with van der Waals surface area (Å²) in [5.74, 6) is -0.163. The van der Waals surface area contributed by atoms with Gasteiger partial charge in [0.1, 0.15) is 5.75 Å². The first-order chi connectivity index (χ1) is 11.4. The van der Waals surface area contributed by atoms with Crippen LogP contribution in [0.3, 0.4) is 0 Å². The summed E-state index contributed by atoms with van der Waals surface area (Å²) in [6.45, 7) is 5.76. The van der Waals surface area contributed by atoms with Gasteiger partial charge in [0, 0.05) is 11.5 Å². The number of para-hydroxylation sites is 1. The molecule has 0 spiro atoms. The van der Waals surface area contributed by atoms with Gasteiger partial charge in [-0.1, -0.05) is 32.0 Å². The van der Waals surface area contributed by atoms with Gasteiger partial charge in [-0.3, -0.25) is 10.1 Å². The molecule has 0 fully saturated rings. The summed E-state index contributed by atoms with van der Waals surface area (Å²) < 4.78 is 14.1. The normalized spacial score (nSPS) is 11.9. The number of carbonyl (C=O) groups excluding carboxylic acids is 2. The Balaban J connectivity index is 2.03. The summed E-state index contributed by atoms with van der Waals surface area (Å²) in [6, 6.07) is 7.60. The van der Waals surface area contributed by atoms with E-state index in [-0.39, 0.29) is 22.8 Å². The lowest BCUT2D eigenvalue weighted by atomic mass is 10.0. The van der Waals surface area contributed by atoms with Crippen molar-refractivity contribution in [3.63, 3.8) is 0 Å². The Morgan fingerprint density at radius 2 is 1.92 bits per heavy atom. The van der Waals surface area contributed by atoms with Gasteiger partial charge in [-0.25, -0.2) is 4.79 Å². The summed E-state index contributed by atoms with van der Waals surface area (Å²) in [5.41, 5.74) is 1.03. The van der Waals surface area contributed by atoms with Gasteiger partial charge in [-0.15, -0.1) is 0 Å². The number of rotatable bonds is 6. The zero-order valence-electron chi connectivity index (χ0n) is 13.9. The minimum absolute atomic E-state index is 0.0866. The molecule has 0 aliphatic heterocycles. The lowest BCUT2D eigenvalue weighted by molar-refractivity contribution is -0.122. The van der Waals surface area contributed by atoms with E-state index in [0.29, 0.717) is 5.75 Å². The first kappa shape index (κ1) is 17.9. The molecule has 1 unspecified atom stereocenters. The molecule has 0 aliphatic carbocycles. The van der Waals surface area contributed by atoms with Gasteiger partial charge in [0.25, 0.3) is 11.7 Å². The molecular weight excluding hydrogens is 330 g/mol. The molecule has 0 bridgehead atoms. The maximum absolute atomic E-state index is 12.2. The third kappa shape index (κ3) is 4.29. The Labute approximate surface area is 144 Å². The quantitative estimate of drug-likeness (QED) is 0.807. The van der Waals surface area contributed by atoms with Gasteiger partial charge in [-0.2, -0.15) is 9.36 Å². The Morgan fingerprint density at radius 3 is 2.58 bits per heavy atom. The van der Waals surface area contributed by atoms with Crippen molar-refractivity contribution in [1.29, 1.82) is 0 Å². The lowest BCUT2D eigenvalue weighted by Crippen LogP contribution is -2.30. The molecule has 1 heterocycles. The number of nitrogens with zero attached hydrogens (tertiary/aromatic N) is 2. The van der Waals surface area contributed by atoms with Crippen LogP contribution in [0.5, 0.6) is 5.75 Å². The van der Waals surface area contributed by atoms with Crippen LogP contribution < -0.4 is 10.1 Å². The fraction of sp³-hybridized carbons (Fsp3) is 0.375. The van der Waals surface area contributed by atoms with Gasteiger partial charge in [0.05, 0.1) is 7.11 Å². The highest BCUT2D eigenvalue weighted by molar-refractivity contribution is 7.10. The topological polar surface area (TPSA) is 90.4 Å². The second-order valence-electron chi connectivity index (χ2n) is 5.36. The summed E-state index contributed by atoms with van der Waals surface area (Å²) in [4.78, 5) is 27.4. The van der Waals surface area contributed by atoms with E-state index in [4.69, 9.17) is 4.74 Å². The van der Waals surface area contributed by atoms with Crippen molar-refractivity contribution >= 4 is 28.5 Å². The van der Waals surface area contributed by atoms with Crippen LogP contribution in [0.4, 0.5) is 5.13 Å². The highest BCUT2D eigenvalue weighted by atomic mass is 32.1. The molecule has 0 aliphatic rings. The number of anilines is 1. The molecular formula is C16H19N3O4S. The van der Waals surface area contributed by atoms with E-state index < -0.39 is 12.1 Å². The fourth-order valence-corrected chi connectivity index (χ4v) is 2.53. The van der Waals surface area contributed by atoms with Crippen LogP contribution in [-0.2, 0) is 9.53 Å². The van der Waals surface area contributed by atoms with Crippen molar-refractivity contribution in [1.82, 2.24) is 9.36 Å². The Kier molecular flexibility index (Phi) is 5.86. The SMILES string of the molecule is COC(=O)c1nsc(NC(=O)C(C)Oc2ccccc2C(C)C)n1. The molecule has 1 N–H and O–H groups in total. The van der Waals surface area contributed by atoms with Gasteiger partial charge in [0.15, 0.2) is 6.10 Å². The highest BCUT2D eigenvalue weighted by Gasteiger charge is 2.20. The van der Waals surface area contributed by atoms with Gasteiger partial charge in [0.2, 0.25) is 5.13 Å². The largest absolute Gasteiger partial charge is 0.481 e. The highest BCUT2D eigenvalue weighted by Crippen LogP contribution is 2.27. The Morgan fingerprint density at radius 1 is 1.21 bits per heavy atom. The second-order valence-corrected chi connectivity index (χ2v) is 6.11. The van der Waals surface area contributed by atoms with Crippen LogP contribution in [0.2, 0.25) is 0 Å². The maximum Gasteiger partial charge on any atom is 0.377 e. The maximum atomic E-state index is 12.2. The van der Waals surface area contributed by atoms with E-state index in [1.54, 1.807) is 6.92 Å². The number of benzene rings is 1. The molecule has 0 saturated heterocycles. The molecule has 8 heteroatoms. The molecule has 1 atom stereocenters. The molecule has 1 aromatic heterocycles. The minimum Gasteiger partial charge on any atom is -0.481 e. The van der Waals surface area contributed by atoms with Crippen molar-refractivity contribution < 1.29 is 19.1 Å². The number of methoxy groups -OCH3 is 1. The van der Waals surface area contributed by atoms with Crippen molar-refractivity contribution in [2.24, 2.45) is 0 Å². The predicted octanol–water partition coefficient (Wildman–Crippen LogP) is 2.85. The molecule has 0 saturated carbocycles. The van der Waals surface area contributed by atoms with Gasteiger partial charge < -0.3 is 9.47 Å². The van der Waals surface area contributed by atoms with E-state index in [9.17, 15) is 9.59 Å². The van der Waals surface area contributed by atoms with Gasteiger partial charge in [-0.05, 0) is 24.5 Å². The minimum atomic E-state index is -0.727. The van der Waals surface area contributed by atoms with E-state index >= 15 is 0 Å². The van der Waals surface area contributed by atoms with Gasteiger partial charge >= 0.3 is 5.97 Å². The van der Waals surface area contributed by atoms with Crippen LogP contribution >= 0.6 is 11.5 Å². The molecule has 128 valence electrons. The number of esters is 1. The third-order valence-electron chi connectivity index (χ3n) is 3.24. The predicted molar refractivity (Wildman–Crippen MR) is 90.5 cm³/mol. The molecule has 7 nitrogen and oxygen atoms in total. The molecule has 1 aromatic carbocycles. The van der Waals surface area contributed by atoms with Crippen LogP contribution in [0.1, 0.15) is 42.9 Å². The van der Waals surface area contributed by atoms with Crippen molar-refractivity contribution in [3.05, 3.63) is 35.7 Å². The van der Waals surface area contributed by atoms with Crippen LogP contribution in [-0.4, -0.2) is 34.4 Å². The zero-order chi connectivity index (χ0) is 17.7. The smallest absolute Gasteiger partial charge is 0.377 e. The number of nitrogens with one attached hydrogen (secondary N) is 1. The Hall–Kier alpha value is -2.48. The van der Waals surface area contributed by atoms with Crippen molar-refractivity contribution in [2.75, 3.05) is 12.4 Å². The molecule has 0 radical (unpaired) electrons. The zero-order valence-corrected chi connectivity index (χ0v) is 14.7. The van der Waals surface area contributed by atoms with Crippen LogP contribution in [0, 0.1) is 0 Å². The number of hydrogen-bond donors (Lipinski definition) is 1. The summed E-state index contributed by atoms with van der Waals surface area (Å²) in [6.07, 6.45) is -0.727. The van der Waals surface area contributed by atoms with E-state index in [2.05, 4.69) is 33.3 Å². The summed E-state index contributed by atoms with van der Waals surface area (Å²) >= 11 is 0.904. The average Bonchev–Trinajstić information content (AvgIpc) is 3.02. The first-order valence-electron chi connectivity index (χ1n) is 7.40.